The molecule has 1 fully saturated rings. The topological polar surface area (TPSA) is 98.3 Å². The summed E-state index contributed by atoms with van der Waals surface area (Å²) >= 11 is 0. The minimum absolute atomic E-state index is 0.691. The number of hydrogen-bond donors (Lipinski definition) is 1. The molecule has 0 amide bonds. The Morgan fingerprint density at radius 1 is 1.36 bits per heavy atom. The van der Waals surface area contributed by atoms with Crippen molar-refractivity contribution >= 4 is 5.97 Å². The summed E-state index contributed by atoms with van der Waals surface area (Å²) < 4.78 is 41.3. The zero-order valence-corrected chi connectivity index (χ0v) is 15.0. The predicted molar refractivity (Wildman–Crippen MR) is 89.2 cm³/mol. The van der Waals surface area contributed by atoms with Gasteiger partial charge in [-0.2, -0.15) is 18.3 Å². The van der Waals surface area contributed by atoms with Crippen molar-refractivity contribution in [2.75, 3.05) is 26.3 Å². The van der Waals surface area contributed by atoms with Crippen molar-refractivity contribution < 1.29 is 27.8 Å². The maximum Gasteiger partial charge on any atom is 0.490 e. The van der Waals surface area contributed by atoms with Crippen LogP contribution in [0.25, 0.3) is 0 Å². The number of halogens is 3. The number of hydrogen-bond acceptors (Lipinski definition) is 6. The number of aromatic nitrogens is 5. The first-order valence-corrected chi connectivity index (χ1v) is 8.79. The second-order valence-electron chi connectivity index (χ2n) is 6.70. The van der Waals surface area contributed by atoms with Gasteiger partial charge in [-0.25, -0.2) is 19.4 Å². The Bertz CT molecular complexity index is 771. The third-order valence-corrected chi connectivity index (χ3v) is 4.50. The van der Waals surface area contributed by atoms with Crippen LogP contribution in [-0.2, 0) is 29.2 Å². The van der Waals surface area contributed by atoms with E-state index in [9.17, 15) is 13.2 Å². The van der Waals surface area contributed by atoms with Crippen molar-refractivity contribution in [1.82, 2.24) is 29.2 Å². The summed E-state index contributed by atoms with van der Waals surface area (Å²) in [6.45, 7) is 6.73. The first kappa shape index (κ1) is 20.3. The summed E-state index contributed by atoms with van der Waals surface area (Å²) in [5.74, 6) is -0.899. The lowest BCUT2D eigenvalue weighted by molar-refractivity contribution is -0.192. The van der Waals surface area contributed by atoms with Crippen molar-refractivity contribution in [3.05, 3.63) is 30.4 Å². The summed E-state index contributed by atoms with van der Waals surface area (Å²) in [6, 6.07) is 0. The summed E-state index contributed by atoms with van der Waals surface area (Å²) in [5, 5.41) is 11.3. The van der Waals surface area contributed by atoms with Gasteiger partial charge in [-0.05, 0) is 12.3 Å². The molecule has 4 rings (SSSR count). The molecule has 1 saturated heterocycles. The van der Waals surface area contributed by atoms with Crippen molar-refractivity contribution in [2.45, 2.75) is 32.2 Å². The number of carboxylic acids is 1. The van der Waals surface area contributed by atoms with Gasteiger partial charge in [0.2, 0.25) is 0 Å². The molecule has 9 nitrogen and oxygen atoms in total. The first-order chi connectivity index (χ1) is 13.3. The molecule has 0 radical (unpaired) electrons. The normalized spacial score (nSPS) is 19.8. The van der Waals surface area contributed by atoms with Gasteiger partial charge in [-0.3, -0.25) is 4.90 Å². The minimum Gasteiger partial charge on any atom is -0.475 e. The number of ether oxygens (including phenoxy) is 1. The van der Waals surface area contributed by atoms with E-state index in [0.717, 1.165) is 50.9 Å². The Morgan fingerprint density at radius 2 is 2.14 bits per heavy atom. The van der Waals surface area contributed by atoms with Crippen LogP contribution in [0.4, 0.5) is 13.2 Å². The fourth-order valence-corrected chi connectivity index (χ4v) is 3.17. The van der Waals surface area contributed by atoms with Gasteiger partial charge >= 0.3 is 12.1 Å². The van der Waals surface area contributed by atoms with Gasteiger partial charge in [0.15, 0.2) is 0 Å². The quantitative estimate of drug-likeness (QED) is 0.815. The molecule has 2 aromatic heterocycles. The van der Waals surface area contributed by atoms with Gasteiger partial charge < -0.3 is 14.4 Å². The monoisotopic (exact) mass is 402 g/mol. The molecule has 0 aliphatic carbocycles. The molecule has 0 bridgehead atoms. The summed E-state index contributed by atoms with van der Waals surface area (Å²) in [4.78, 5) is 20.1. The van der Waals surface area contributed by atoms with Crippen LogP contribution in [0, 0.1) is 5.92 Å². The van der Waals surface area contributed by atoms with Gasteiger partial charge in [0.05, 0.1) is 25.4 Å². The largest absolute Gasteiger partial charge is 0.490 e. The molecule has 1 unspecified atom stereocenters. The van der Waals surface area contributed by atoms with Crippen molar-refractivity contribution in [3.8, 4) is 0 Å². The fraction of sp³-hybridized carbons (Fsp3) is 0.625. The maximum absolute atomic E-state index is 10.6. The molecule has 1 atom stereocenters. The molecule has 4 heterocycles. The molecular formula is C16H21F3N6O3. The standard InChI is InChI=1S/C14H20N6O.C2HF3O2/c1-4-21-9-12(1)5-18-2-3-19-6-13(17-14(19)8-18)7-20-11-15-10-16-20;3-2(4,5)1(6)7/h6,10-12H,1-5,7-9H2;(H,6,7). The molecule has 0 aromatic carbocycles. The van der Waals surface area contributed by atoms with Gasteiger partial charge in [0.25, 0.3) is 0 Å². The van der Waals surface area contributed by atoms with Crippen LogP contribution < -0.4 is 0 Å². The second kappa shape index (κ2) is 8.69. The Morgan fingerprint density at radius 3 is 2.75 bits per heavy atom. The molecule has 28 heavy (non-hydrogen) atoms. The summed E-state index contributed by atoms with van der Waals surface area (Å²) in [5.41, 5.74) is 1.06. The van der Waals surface area contributed by atoms with Crippen LogP contribution >= 0.6 is 0 Å². The van der Waals surface area contributed by atoms with E-state index >= 15 is 0 Å². The number of nitrogens with zero attached hydrogens (tertiary/aromatic N) is 6. The van der Waals surface area contributed by atoms with Crippen LogP contribution in [-0.4, -0.2) is 72.8 Å². The number of carboxylic acid groups (broad SMARTS) is 1. The lowest BCUT2D eigenvalue weighted by Crippen LogP contribution is -2.37. The highest BCUT2D eigenvalue weighted by Gasteiger charge is 2.38. The van der Waals surface area contributed by atoms with Crippen molar-refractivity contribution in [2.24, 2.45) is 5.92 Å². The molecule has 154 valence electrons. The Balaban J connectivity index is 0.000000279. The maximum atomic E-state index is 10.6. The molecule has 0 spiro atoms. The first-order valence-electron chi connectivity index (χ1n) is 8.79. The van der Waals surface area contributed by atoms with Gasteiger partial charge in [0, 0.05) is 32.4 Å². The van der Waals surface area contributed by atoms with Gasteiger partial charge in [-0.15, -0.1) is 0 Å². The predicted octanol–water partition coefficient (Wildman–Crippen LogP) is 1.01. The van der Waals surface area contributed by atoms with Crippen LogP contribution in [0.5, 0.6) is 0 Å². The fourth-order valence-electron chi connectivity index (χ4n) is 3.17. The highest BCUT2D eigenvalue weighted by Crippen LogP contribution is 2.19. The lowest BCUT2D eigenvalue weighted by Gasteiger charge is -2.29. The van der Waals surface area contributed by atoms with E-state index in [0.29, 0.717) is 12.5 Å². The average molecular weight is 402 g/mol. The van der Waals surface area contributed by atoms with Crippen LogP contribution in [0.15, 0.2) is 18.9 Å². The SMILES string of the molecule is O=C(O)C(F)(F)F.c1ncn(Cc2cn3c(n2)CN(CC2CCOC2)CC3)n1. The van der Waals surface area contributed by atoms with Crippen LogP contribution in [0.3, 0.4) is 0 Å². The minimum atomic E-state index is -5.08. The van der Waals surface area contributed by atoms with E-state index in [1.54, 1.807) is 12.7 Å². The van der Waals surface area contributed by atoms with Crippen LogP contribution in [0.2, 0.25) is 0 Å². The van der Waals surface area contributed by atoms with E-state index in [1.807, 2.05) is 4.68 Å². The number of imidazole rings is 1. The molecule has 12 heteroatoms. The average Bonchev–Trinajstić information content (AvgIpc) is 3.36. The molecule has 2 aromatic rings. The third-order valence-electron chi connectivity index (χ3n) is 4.50. The van der Waals surface area contributed by atoms with E-state index in [2.05, 4.69) is 25.7 Å². The van der Waals surface area contributed by atoms with Crippen LogP contribution in [0.1, 0.15) is 17.9 Å². The molecule has 0 saturated carbocycles. The number of fused-ring (bicyclic) bond motifs is 1. The number of alkyl halides is 3. The molecular weight excluding hydrogens is 381 g/mol. The van der Waals surface area contributed by atoms with E-state index < -0.39 is 12.1 Å². The molecule has 2 aliphatic heterocycles. The number of aliphatic carboxylic acids is 1. The second-order valence-corrected chi connectivity index (χ2v) is 6.70. The number of carbonyl (C=O) groups is 1. The highest BCUT2D eigenvalue weighted by atomic mass is 19.4. The third kappa shape index (κ3) is 5.52. The van der Waals surface area contributed by atoms with Gasteiger partial charge in [-0.1, -0.05) is 0 Å². The smallest absolute Gasteiger partial charge is 0.475 e. The highest BCUT2D eigenvalue weighted by molar-refractivity contribution is 5.73. The Labute approximate surface area is 158 Å². The van der Waals surface area contributed by atoms with Crippen molar-refractivity contribution in [3.63, 3.8) is 0 Å². The molecule has 2 aliphatic rings. The summed E-state index contributed by atoms with van der Waals surface area (Å²) in [7, 11) is 0. The summed E-state index contributed by atoms with van der Waals surface area (Å²) in [6.07, 6.45) is 1.54. The Hall–Kier alpha value is -2.47. The van der Waals surface area contributed by atoms with Gasteiger partial charge in [0.1, 0.15) is 18.5 Å². The zero-order valence-electron chi connectivity index (χ0n) is 15.0. The Kier molecular flexibility index (Phi) is 6.29. The zero-order chi connectivity index (χ0) is 20.1. The van der Waals surface area contributed by atoms with E-state index in [4.69, 9.17) is 19.6 Å². The number of rotatable bonds is 4. The van der Waals surface area contributed by atoms with E-state index in [-0.39, 0.29) is 0 Å². The van der Waals surface area contributed by atoms with E-state index in [1.165, 1.54) is 6.42 Å². The van der Waals surface area contributed by atoms with Crippen molar-refractivity contribution in [1.29, 1.82) is 0 Å². The molecule has 1 N–H and O–H groups in total. The lowest BCUT2D eigenvalue weighted by atomic mass is 10.1.